The first-order chi connectivity index (χ1) is 16.0. The molecule has 0 radical (unpaired) electrons. The van der Waals surface area contributed by atoms with Crippen LogP contribution in [-0.2, 0) is 12.2 Å². The SMILES string of the molecule is Cc1nc(COc2cc(C)n(-c3cc(-c4ccnc(C(C)(C)O)n4)ncc3C)c(=O)c2Br)cs1. The van der Waals surface area contributed by atoms with Crippen molar-refractivity contribution in [2.24, 2.45) is 0 Å². The molecule has 10 heteroatoms. The van der Waals surface area contributed by atoms with E-state index in [1.807, 2.05) is 38.3 Å². The standard InChI is InChI=1S/C24H24BrN5O3S/c1-13-10-27-18(17-6-7-26-23(29-17)24(4,5)32)9-19(13)30-14(2)8-20(21(25)22(30)31)33-11-16-12-34-15(3)28-16/h6-10,12,32H,11H2,1-5H3. The van der Waals surface area contributed by atoms with Crippen molar-refractivity contribution in [2.45, 2.75) is 46.8 Å². The highest BCUT2D eigenvalue weighted by atomic mass is 79.9. The number of aliphatic hydroxyl groups is 1. The summed E-state index contributed by atoms with van der Waals surface area (Å²) in [4.78, 5) is 30.9. The number of aryl methyl sites for hydroxylation is 3. The lowest BCUT2D eigenvalue weighted by molar-refractivity contribution is 0.0688. The number of ether oxygens (including phenoxy) is 1. The van der Waals surface area contributed by atoms with Crippen LogP contribution in [0, 0.1) is 20.8 Å². The van der Waals surface area contributed by atoms with Crippen LogP contribution in [0.5, 0.6) is 5.75 Å². The van der Waals surface area contributed by atoms with Crippen molar-refractivity contribution in [3.8, 4) is 22.8 Å². The summed E-state index contributed by atoms with van der Waals surface area (Å²) in [6, 6.07) is 5.35. The molecule has 8 nitrogen and oxygen atoms in total. The van der Waals surface area contributed by atoms with Crippen LogP contribution in [0.4, 0.5) is 0 Å². The topological polar surface area (TPSA) is 103 Å². The van der Waals surface area contributed by atoms with E-state index in [1.54, 1.807) is 48.2 Å². The largest absolute Gasteiger partial charge is 0.486 e. The van der Waals surface area contributed by atoms with E-state index in [0.717, 1.165) is 16.3 Å². The van der Waals surface area contributed by atoms with Gasteiger partial charge in [0.1, 0.15) is 22.4 Å². The van der Waals surface area contributed by atoms with E-state index in [4.69, 9.17) is 4.74 Å². The minimum Gasteiger partial charge on any atom is -0.486 e. The Labute approximate surface area is 209 Å². The number of pyridine rings is 2. The molecule has 1 N–H and O–H groups in total. The number of rotatable bonds is 6. The fraction of sp³-hybridized carbons (Fsp3) is 0.292. The monoisotopic (exact) mass is 541 g/mol. The minimum absolute atomic E-state index is 0.246. The molecule has 0 aliphatic heterocycles. The maximum absolute atomic E-state index is 13.4. The predicted molar refractivity (Wildman–Crippen MR) is 134 cm³/mol. The molecule has 0 aromatic carbocycles. The zero-order valence-corrected chi connectivity index (χ0v) is 21.9. The van der Waals surface area contributed by atoms with E-state index in [2.05, 4.69) is 35.9 Å². The van der Waals surface area contributed by atoms with E-state index < -0.39 is 5.60 Å². The van der Waals surface area contributed by atoms with E-state index in [-0.39, 0.29) is 12.2 Å². The highest BCUT2D eigenvalue weighted by Gasteiger charge is 2.21. The smallest absolute Gasteiger partial charge is 0.273 e. The summed E-state index contributed by atoms with van der Waals surface area (Å²) in [5.74, 6) is 0.753. The summed E-state index contributed by atoms with van der Waals surface area (Å²) in [5.41, 5.74) is 2.72. The summed E-state index contributed by atoms with van der Waals surface area (Å²) in [6.07, 6.45) is 3.28. The summed E-state index contributed by atoms with van der Waals surface area (Å²) in [6.45, 7) is 9.21. The van der Waals surface area contributed by atoms with Crippen molar-refractivity contribution in [2.75, 3.05) is 0 Å². The first kappa shape index (κ1) is 24.2. The van der Waals surface area contributed by atoms with Gasteiger partial charge >= 0.3 is 0 Å². The van der Waals surface area contributed by atoms with Gasteiger partial charge in [-0.1, -0.05) is 0 Å². The molecule has 0 bridgehead atoms. The first-order valence-electron chi connectivity index (χ1n) is 10.5. The van der Waals surface area contributed by atoms with Crippen molar-refractivity contribution in [3.63, 3.8) is 0 Å². The van der Waals surface area contributed by atoms with Crippen molar-refractivity contribution < 1.29 is 9.84 Å². The zero-order chi connectivity index (χ0) is 24.6. The molecule has 0 spiro atoms. The Morgan fingerprint density at radius 1 is 1.15 bits per heavy atom. The van der Waals surface area contributed by atoms with Crippen LogP contribution < -0.4 is 10.3 Å². The summed E-state index contributed by atoms with van der Waals surface area (Å²) >= 11 is 4.98. The first-order valence-corrected chi connectivity index (χ1v) is 12.2. The number of thiazole rings is 1. The average Bonchev–Trinajstić information content (AvgIpc) is 3.21. The lowest BCUT2D eigenvalue weighted by Crippen LogP contribution is -2.23. The van der Waals surface area contributed by atoms with Gasteiger partial charge in [-0.05, 0) is 68.2 Å². The Hall–Kier alpha value is -2.95. The quantitative estimate of drug-likeness (QED) is 0.379. The molecule has 0 amide bonds. The number of aromatic nitrogens is 5. The van der Waals surface area contributed by atoms with Gasteiger partial charge in [-0.25, -0.2) is 15.0 Å². The van der Waals surface area contributed by atoms with Crippen LogP contribution in [-0.4, -0.2) is 29.6 Å². The van der Waals surface area contributed by atoms with Crippen LogP contribution >= 0.6 is 27.3 Å². The molecule has 4 heterocycles. The molecule has 0 unspecified atom stereocenters. The maximum atomic E-state index is 13.4. The van der Waals surface area contributed by atoms with Crippen LogP contribution in [0.25, 0.3) is 17.1 Å². The summed E-state index contributed by atoms with van der Waals surface area (Å²) in [5, 5.41) is 13.2. The Morgan fingerprint density at radius 3 is 2.59 bits per heavy atom. The normalized spacial score (nSPS) is 11.6. The zero-order valence-electron chi connectivity index (χ0n) is 19.5. The number of halogens is 1. The second-order valence-corrected chi connectivity index (χ2v) is 10.3. The Morgan fingerprint density at radius 2 is 1.91 bits per heavy atom. The Bertz CT molecular complexity index is 1430. The molecule has 0 saturated carbocycles. The van der Waals surface area contributed by atoms with Crippen LogP contribution in [0.3, 0.4) is 0 Å². The molecular weight excluding hydrogens is 518 g/mol. The second kappa shape index (κ2) is 9.36. The third kappa shape index (κ3) is 4.94. The molecule has 4 aromatic rings. The van der Waals surface area contributed by atoms with Gasteiger partial charge < -0.3 is 9.84 Å². The Balaban J connectivity index is 1.73. The summed E-state index contributed by atoms with van der Waals surface area (Å²) in [7, 11) is 0. The number of nitrogens with zero attached hydrogens (tertiary/aromatic N) is 5. The molecule has 4 aromatic heterocycles. The van der Waals surface area contributed by atoms with E-state index >= 15 is 0 Å². The summed E-state index contributed by atoms with van der Waals surface area (Å²) < 4.78 is 7.83. The molecule has 0 aliphatic rings. The third-order valence-electron chi connectivity index (χ3n) is 5.12. The maximum Gasteiger partial charge on any atom is 0.273 e. The van der Waals surface area contributed by atoms with Gasteiger partial charge in [0, 0.05) is 29.5 Å². The van der Waals surface area contributed by atoms with E-state index in [1.165, 1.54) is 0 Å². The fourth-order valence-electron chi connectivity index (χ4n) is 3.40. The van der Waals surface area contributed by atoms with Crippen LogP contribution in [0.2, 0.25) is 0 Å². The van der Waals surface area contributed by atoms with Gasteiger partial charge in [-0.15, -0.1) is 11.3 Å². The Kier molecular flexibility index (Phi) is 6.66. The minimum atomic E-state index is -1.19. The lowest BCUT2D eigenvalue weighted by Gasteiger charge is -2.17. The highest BCUT2D eigenvalue weighted by molar-refractivity contribution is 9.10. The molecule has 4 rings (SSSR count). The molecule has 0 fully saturated rings. The number of hydrogen-bond donors (Lipinski definition) is 1. The molecule has 176 valence electrons. The third-order valence-corrected chi connectivity index (χ3v) is 6.68. The molecule has 34 heavy (non-hydrogen) atoms. The highest BCUT2D eigenvalue weighted by Crippen LogP contribution is 2.28. The van der Waals surface area contributed by atoms with Crippen LogP contribution in [0.15, 0.2) is 45.2 Å². The lowest BCUT2D eigenvalue weighted by atomic mass is 10.1. The fourth-order valence-corrected chi connectivity index (χ4v) is 4.41. The van der Waals surface area contributed by atoms with E-state index in [0.29, 0.717) is 38.8 Å². The van der Waals surface area contributed by atoms with Crippen molar-refractivity contribution in [1.82, 2.24) is 24.5 Å². The van der Waals surface area contributed by atoms with Crippen molar-refractivity contribution in [1.29, 1.82) is 0 Å². The van der Waals surface area contributed by atoms with E-state index in [9.17, 15) is 9.90 Å². The predicted octanol–water partition coefficient (Wildman–Crippen LogP) is 4.64. The molecule has 0 aliphatic carbocycles. The van der Waals surface area contributed by atoms with Crippen molar-refractivity contribution in [3.05, 3.63) is 78.6 Å². The molecule has 0 saturated heterocycles. The van der Waals surface area contributed by atoms with Gasteiger partial charge in [-0.2, -0.15) is 0 Å². The van der Waals surface area contributed by atoms with Gasteiger partial charge in [0.15, 0.2) is 5.82 Å². The molecular formula is C24H24BrN5O3S. The molecule has 0 atom stereocenters. The second-order valence-electron chi connectivity index (χ2n) is 8.43. The van der Waals surface area contributed by atoms with Gasteiger partial charge in [0.25, 0.3) is 5.56 Å². The number of hydrogen-bond acceptors (Lipinski definition) is 8. The van der Waals surface area contributed by atoms with Crippen molar-refractivity contribution >= 4 is 27.3 Å². The van der Waals surface area contributed by atoms with Gasteiger partial charge in [-0.3, -0.25) is 14.3 Å². The average molecular weight is 542 g/mol. The van der Waals surface area contributed by atoms with Gasteiger partial charge in [0.05, 0.1) is 27.8 Å². The van der Waals surface area contributed by atoms with Gasteiger partial charge in [0.2, 0.25) is 0 Å². The van der Waals surface area contributed by atoms with Crippen LogP contribution in [0.1, 0.15) is 41.6 Å².